The van der Waals surface area contributed by atoms with Gasteiger partial charge in [0.25, 0.3) is 0 Å². The van der Waals surface area contributed by atoms with Gasteiger partial charge >= 0.3 is 0 Å². The second kappa shape index (κ2) is 6.89. The second-order valence-electron chi connectivity index (χ2n) is 7.08. The molecule has 0 radical (unpaired) electrons. The summed E-state index contributed by atoms with van der Waals surface area (Å²) in [6.45, 7) is 6.30. The molecule has 1 aliphatic heterocycles. The number of nitrogens with one attached hydrogen (secondary N) is 2. The molecule has 2 fully saturated rings. The Labute approximate surface area is 143 Å². The van der Waals surface area contributed by atoms with E-state index < -0.39 is 0 Å². The van der Waals surface area contributed by atoms with Crippen LogP contribution in [-0.2, 0) is 9.59 Å². The highest BCUT2D eigenvalue weighted by Gasteiger charge is 2.34. The molecule has 1 saturated heterocycles. The molecule has 2 N–H and O–H groups in total. The summed E-state index contributed by atoms with van der Waals surface area (Å²) < 4.78 is 0. The van der Waals surface area contributed by atoms with Crippen LogP contribution in [0, 0.1) is 5.92 Å². The number of hydrogen-bond acceptors (Lipinski definition) is 4. The molecule has 2 aliphatic rings. The number of nitrogens with zero attached hydrogens (tertiary/aromatic N) is 2. The third-order valence-corrected chi connectivity index (χ3v) is 5.08. The van der Waals surface area contributed by atoms with Crippen molar-refractivity contribution in [1.29, 1.82) is 0 Å². The molecule has 3 rings (SSSR count). The Bertz CT molecular complexity index is 602. The Morgan fingerprint density at radius 1 is 1.12 bits per heavy atom. The van der Waals surface area contributed by atoms with Crippen molar-refractivity contribution in [3.05, 3.63) is 18.3 Å². The van der Waals surface area contributed by atoms with Crippen LogP contribution >= 0.6 is 0 Å². The summed E-state index contributed by atoms with van der Waals surface area (Å²) in [6, 6.07) is 4.18. The molecule has 1 aromatic rings. The van der Waals surface area contributed by atoms with Crippen LogP contribution < -0.4 is 10.6 Å². The molecule has 0 bridgehead atoms. The van der Waals surface area contributed by atoms with Gasteiger partial charge in [-0.3, -0.25) is 14.5 Å². The SMILES string of the molecule is CC1CCC(C)N1C(C)C(=O)Nc1ccc(NC(=O)C2CC2)nc1. The maximum atomic E-state index is 12.5. The topological polar surface area (TPSA) is 74.3 Å². The van der Waals surface area contributed by atoms with E-state index in [9.17, 15) is 9.59 Å². The first-order valence-corrected chi connectivity index (χ1v) is 8.81. The molecule has 0 aromatic carbocycles. The van der Waals surface area contributed by atoms with Gasteiger partial charge in [0, 0.05) is 18.0 Å². The van der Waals surface area contributed by atoms with Gasteiger partial charge in [-0.15, -0.1) is 0 Å². The van der Waals surface area contributed by atoms with E-state index >= 15 is 0 Å². The van der Waals surface area contributed by atoms with Crippen molar-refractivity contribution in [3.63, 3.8) is 0 Å². The summed E-state index contributed by atoms with van der Waals surface area (Å²) in [7, 11) is 0. The van der Waals surface area contributed by atoms with Crippen molar-refractivity contribution >= 4 is 23.3 Å². The molecular weight excluding hydrogens is 304 g/mol. The van der Waals surface area contributed by atoms with Crippen molar-refractivity contribution in [2.24, 2.45) is 5.92 Å². The minimum absolute atomic E-state index is 0.0211. The summed E-state index contributed by atoms with van der Waals surface area (Å²) in [4.78, 5) is 30.7. The molecule has 2 heterocycles. The van der Waals surface area contributed by atoms with E-state index in [0.29, 0.717) is 23.6 Å². The fourth-order valence-corrected chi connectivity index (χ4v) is 3.48. The van der Waals surface area contributed by atoms with Crippen LogP contribution in [0.5, 0.6) is 0 Å². The fourth-order valence-electron chi connectivity index (χ4n) is 3.48. The summed E-state index contributed by atoms with van der Waals surface area (Å²) in [5.41, 5.74) is 0.649. The van der Waals surface area contributed by atoms with Crippen LogP contribution in [0.25, 0.3) is 0 Å². The zero-order chi connectivity index (χ0) is 17.3. The Kier molecular flexibility index (Phi) is 4.85. The lowest BCUT2D eigenvalue weighted by Gasteiger charge is -2.31. The van der Waals surface area contributed by atoms with Gasteiger partial charge in [-0.05, 0) is 58.6 Å². The maximum absolute atomic E-state index is 12.5. The summed E-state index contributed by atoms with van der Waals surface area (Å²) in [5.74, 6) is 0.688. The van der Waals surface area contributed by atoms with E-state index in [2.05, 4.69) is 34.4 Å². The number of anilines is 2. The zero-order valence-corrected chi connectivity index (χ0v) is 14.6. The van der Waals surface area contributed by atoms with Crippen LogP contribution in [0.4, 0.5) is 11.5 Å². The number of likely N-dealkylation sites (tertiary alicyclic amines) is 1. The average molecular weight is 330 g/mol. The van der Waals surface area contributed by atoms with Crippen LogP contribution in [-0.4, -0.2) is 39.8 Å². The van der Waals surface area contributed by atoms with Gasteiger partial charge in [0.05, 0.1) is 17.9 Å². The smallest absolute Gasteiger partial charge is 0.241 e. The highest BCUT2D eigenvalue weighted by molar-refractivity contribution is 5.95. The number of rotatable bonds is 5. The van der Waals surface area contributed by atoms with E-state index in [1.165, 1.54) is 0 Å². The van der Waals surface area contributed by atoms with Gasteiger partial charge < -0.3 is 10.6 Å². The highest BCUT2D eigenvalue weighted by Crippen LogP contribution is 2.30. The van der Waals surface area contributed by atoms with Gasteiger partial charge in [0.1, 0.15) is 5.82 Å². The van der Waals surface area contributed by atoms with Crippen LogP contribution in [0.3, 0.4) is 0 Å². The molecule has 3 unspecified atom stereocenters. The number of hydrogen-bond donors (Lipinski definition) is 2. The monoisotopic (exact) mass is 330 g/mol. The first-order chi connectivity index (χ1) is 11.5. The predicted octanol–water partition coefficient (Wildman–Crippen LogP) is 2.63. The molecule has 1 saturated carbocycles. The van der Waals surface area contributed by atoms with E-state index in [1.54, 1.807) is 18.3 Å². The van der Waals surface area contributed by atoms with Crippen molar-refractivity contribution in [3.8, 4) is 0 Å². The Morgan fingerprint density at radius 3 is 2.33 bits per heavy atom. The molecule has 0 spiro atoms. The first kappa shape index (κ1) is 16.9. The summed E-state index contributed by atoms with van der Waals surface area (Å²) in [6.07, 6.45) is 5.78. The van der Waals surface area contributed by atoms with Crippen molar-refractivity contribution < 1.29 is 9.59 Å². The largest absolute Gasteiger partial charge is 0.323 e. The quantitative estimate of drug-likeness (QED) is 0.870. The molecule has 6 nitrogen and oxygen atoms in total. The lowest BCUT2D eigenvalue weighted by Crippen LogP contribution is -2.46. The molecule has 24 heavy (non-hydrogen) atoms. The van der Waals surface area contributed by atoms with Gasteiger partial charge in [-0.2, -0.15) is 0 Å². The van der Waals surface area contributed by atoms with Gasteiger partial charge in [0.2, 0.25) is 11.8 Å². The Morgan fingerprint density at radius 2 is 1.79 bits per heavy atom. The van der Waals surface area contributed by atoms with Gasteiger partial charge in [-0.1, -0.05) is 0 Å². The normalized spacial score (nSPS) is 25.3. The maximum Gasteiger partial charge on any atom is 0.241 e. The standard InChI is InChI=1S/C18H26N4O2/c1-11-4-5-12(2)22(11)13(3)17(23)20-15-8-9-16(19-10-15)21-18(24)14-6-7-14/h8-14H,4-7H2,1-3H3,(H,20,23)(H,19,21,24). The van der Waals surface area contributed by atoms with Crippen molar-refractivity contribution in [1.82, 2.24) is 9.88 Å². The number of pyridine rings is 1. The second-order valence-corrected chi connectivity index (χ2v) is 7.08. The number of amides is 2. The average Bonchev–Trinajstić information content (AvgIpc) is 3.35. The molecule has 130 valence electrons. The van der Waals surface area contributed by atoms with E-state index in [1.807, 2.05) is 6.92 Å². The number of aromatic nitrogens is 1. The van der Waals surface area contributed by atoms with E-state index in [-0.39, 0.29) is 23.8 Å². The van der Waals surface area contributed by atoms with Crippen molar-refractivity contribution in [2.45, 2.75) is 64.6 Å². The highest BCUT2D eigenvalue weighted by atomic mass is 16.2. The number of carbonyl (C=O) groups is 2. The van der Waals surface area contributed by atoms with Crippen molar-refractivity contribution in [2.75, 3.05) is 10.6 Å². The number of carbonyl (C=O) groups excluding carboxylic acids is 2. The molecule has 1 aliphatic carbocycles. The third kappa shape index (κ3) is 3.75. The van der Waals surface area contributed by atoms with Crippen LogP contribution in [0.15, 0.2) is 18.3 Å². The Hall–Kier alpha value is -1.95. The molecule has 3 atom stereocenters. The Balaban J connectivity index is 1.56. The van der Waals surface area contributed by atoms with Crippen LogP contribution in [0.2, 0.25) is 0 Å². The van der Waals surface area contributed by atoms with Crippen LogP contribution in [0.1, 0.15) is 46.5 Å². The first-order valence-electron chi connectivity index (χ1n) is 8.81. The molecular formula is C18H26N4O2. The van der Waals surface area contributed by atoms with Gasteiger partial charge in [-0.25, -0.2) is 4.98 Å². The third-order valence-electron chi connectivity index (χ3n) is 5.08. The lowest BCUT2D eigenvalue weighted by molar-refractivity contribution is -0.121. The van der Waals surface area contributed by atoms with E-state index in [4.69, 9.17) is 0 Å². The fraction of sp³-hybridized carbons (Fsp3) is 0.611. The molecule has 1 aromatic heterocycles. The minimum atomic E-state index is -0.174. The molecule has 2 amide bonds. The predicted molar refractivity (Wildman–Crippen MR) is 93.7 cm³/mol. The lowest BCUT2D eigenvalue weighted by atomic mass is 10.2. The zero-order valence-electron chi connectivity index (χ0n) is 14.6. The summed E-state index contributed by atoms with van der Waals surface area (Å²) in [5, 5.41) is 5.71. The van der Waals surface area contributed by atoms with E-state index in [0.717, 1.165) is 25.7 Å². The summed E-state index contributed by atoms with van der Waals surface area (Å²) >= 11 is 0. The minimum Gasteiger partial charge on any atom is -0.323 e. The van der Waals surface area contributed by atoms with Gasteiger partial charge in [0.15, 0.2) is 0 Å². The molecule has 6 heteroatoms.